The Morgan fingerprint density at radius 2 is 1.79 bits per heavy atom. The van der Waals surface area contributed by atoms with Gasteiger partial charge in [-0.25, -0.2) is 4.68 Å². The summed E-state index contributed by atoms with van der Waals surface area (Å²) in [6.45, 7) is 0.518. The molecule has 3 aromatic heterocycles. The molecule has 0 aliphatic carbocycles. The first-order valence-electron chi connectivity index (χ1n) is 8.84. The number of aromatic nitrogens is 6. The third kappa shape index (κ3) is 3.38. The topological polar surface area (TPSA) is 85.4 Å². The van der Waals surface area contributed by atoms with E-state index in [9.17, 15) is 8.78 Å². The number of aromatic amines is 1. The molecule has 0 amide bonds. The van der Waals surface area contributed by atoms with Gasteiger partial charge in [-0.2, -0.15) is 8.78 Å². The standard InChI is InChI=1S/C20H14F2N6O/c21-18(22)20-26-25-19(29-20)14-3-1-12(2-4-14)10-28-11-17(24-27-28)15-6-5-13-7-8-23-16(13)9-15/h1-9,11,18,23H,10H2. The molecule has 0 saturated carbocycles. The van der Waals surface area contributed by atoms with Gasteiger partial charge in [-0.05, 0) is 35.2 Å². The SMILES string of the molecule is FC(F)c1nnc(-c2ccc(Cn3cc(-c4ccc5cc[nH]c5c4)nn3)cc2)o1. The van der Waals surface area contributed by atoms with Crippen LogP contribution >= 0.6 is 0 Å². The van der Waals surface area contributed by atoms with Crippen molar-refractivity contribution in [2.45, 2.75) is 13.0 Å². The molecule has 0 bridgehead atoms. The molecule has 5 rings (SSSR count). The Hall–Kier alpha value is -3.88. The number of hydrogen-bond acceptors (Lipinski definition) is 5. The molecule has 3 heterocycles. The Morgan fingerprint density at radius 3 is 2.59 bits per heavy atom. The van der Waals surface area contributed by atoms with Crippen LogP contribution in [0.25, 0.3) is 33.6 Å². The van der Waals surface area contributed by atoms with Crippen LogP contribution in [0, 0.1) is 0 Å². The molecule has 1 N–H and O–H groups in total. The molecule has 0 atom stereocenters. The van der Waals surface area contributed by atoms with Crippen LogP contribution in [0.1, 0.15) is 17.9 Å². The van der Waals surface area contributed by atoms with E-state index in [0.29, 0.717) is 12.1 Å². The monoisotopic (exact) mass is 392 g/mol. The van der Waals surface area contributed by atoms with Crippen molar-refractivity contribution in [1.82, 2.24) is 30.2 Å². The number of hydrogen-bond donors (Lipinski definition) is 1. The number of alkyl halides is 2. The summed E-state index contributed by atoms with van der Waals surface area (Å²) in [5.74, 6) is -0.619. The fourth-order valence-corrected chi connectivity index (χ4v) is 3.09. The molecular formula is C20H14F2N6O. The van der Waals surface area contributed by atoms with E-state index < -0.39 is 12.3 Å². The lowest BCUT2D eigenvalue weighted by molar-refractivity contribution is 0.116. The maximum Gasteiger partial charge on any atom is 0.314 e. The Morgan fingerprint density at radius 1 is 0.966 bits per heavy atom. The maximum atomic E-state index is 12.6. The molecular weight excluding hydrogens is 378 g/mol. The van der Waals surface area contributed by atoms with Crippen LogP contribution in [0.4, 0.5) is 8.78 Å². The first kappa shape index (κ1) is 17.2. The Bertz CT molecular complexity index is 1270. The third-order valence-electron chi connectivity index (χ3n) is 4.56. The van der Waals surface area contributed by atoms with E-state index in [1.54, 1.807) is 16.8 Å². The number of rotatable bonds is 5. The highest BCUT2D eigenvalue weighted by atomic mass is 19.3. The van der Waals surface area contributed by atoms with Gasteiger partial charge < -0.3 is 9.40 Å². The highest BCUT2D eigenvalue weighted by molar-refractivity contribution is 5.83. The van der Waals surface area contributed by atoms with Crippen LogP contribution in [-0.2, 0) is 6.54 Å². The van der Waals surface area contributed by atoms with Gasteiger partial charge in [0.2, 0.25) is 5.89 Å². The number of nitrogens with zero attached hydrogens (tertiary/aromatic N) is 5. The van der Waals surface area contributed by atoms with Crippen molar-refractivity contribution in [1.29, 1.82) is 0 Å². The molecule has 0 spiro atoms. The van der Waals surface area contributed by atoms with E-state index in [-0.39, 0.29) is 5.89 Å². The Balaban J connectivity index is 1.32. The van der Waals surface area contributed by atoms with Crippen molar-refractivity contribution in [3.63, 3.8) is 0 Å². The van der Waals surface area contributed by atoms with Crippen molar-refractivity contribution in [3.8, 4) is 22.7 Å². The summed E-state index contributed by atoms with van der Waals surface area (Å²) in [6.07, 6.45) is 0.998. The summed E-state index contributed by atoms with van der Waals surface area (Å²) in [6, 6.07) is 15.3. The molecule has 0 aliphatic rings. The quantitative estimate of drug-likeness (QED) is 0.477. The average Bonchev–Trinajstić information content (AvgIpc) is 3.48. The zero-order valence-electron chi connectivity index (χ0n) is 15.0. The Kier molecular flexibility index (Phi) is 4.12. The van der Waals surface area contributed by atoms with E-state index >= 15 is 0 Å². The van der Waals surface area contributed by atoms with Gasteiger partial charge in [-0.15, -0.1) is 15.3 Å². The molecule has 29 heavy (non-hydrogen) atoms. The molecule has 0 aliphatic heterocycles. The van der Waals surface area contributed by atoms with Crippen molar-refractivity contribution < 1.29 is 13.2 Å². The van der Waals surface area contributed by atoms with Crippen LogP contribution in [-0.4, -0.2) is 30.2 Å². The van der Waals surface area contributed by atoms with Gasteiger partial charge in [-0.1, -0.05) is 29.5 Å². The van der Waals surface area contributed by atoms with E-state index in [4.69, 9.17) is 4.42 Å². The van der Waals surface area contributed by atoms with Gasteiger partial charge in [0.1, 0.15) is 5.69 Å². The van der Waals surface area contributed by atoms with E-state index in [1.807, 2.05) is 48.8 Å². The average molecular weight is 392 g/mol. The minimum absolute atomic E-state index is 0.0644. The van der Waals surface area contributed by atoms with Crippen molar-refractivity contribution in [2.24, 2.45) is 0 Å². The summed E-state index contributed by atoms with van der Waals surface area (Å²) in [7, 11) is 0. The molecule has 0 radical (unpaired) electrons. The summed E-state index contributed by atoms with van der Waals surface area (Å²) in [4.78, 5) is 3.19. The predicted octanol–water partition coefficient (Wildman–Crippen LogP) is 4.46. The molecule has 0 saturated heterocycles. The van der Waals surface area contributed by atoms with Gasteiger partial charge in [0.25, 0.3) is 5.89 Å². The maximum absolute atomic E-state index is 12.6. The van der Waals surface area contributed by atoms with Gasteiger partial charge in [0.05, 0.1) is 12.7 Å². The second-order valence-electron chi connectivity index (χ2n) is 6.52. The lowest BCUT2D eigenvalue weighted by Crippen LogP contribution is -2.00. The normalized spacial score (nSPS) is 11.6. The number of benzene rings is 2. The van der Waals surface area contributed by atoms with E-state index in [0.717, 1.165) is 27.7 Å². The molecule has 5 aromatic rings. The van der Waals surface area contributed by atoms with Gasteiger partial charge in [0.15, 0.2) is 0 Å². The zero-order valence-corrected chi connectivity index (χ0v) is 15.0. The number of halogens is 2. The van der Waals surface area contributed by atoms with Crippen LogP contribution in [0.3, 0.4) is 0 Å². The van der Waals surface area contributed by atoms with Crippen molar-refractivity contribution >= 4 is 10.9 Å². The first-order valence-corrected chi connectivity index (χ1v) is 8.84. The Labute approximate surface area is 163 Å². The van der Waals surface area contributed by atoms with Crippen LogP contribution in [0.5, 0.6) is 0 Å². The van der Waals surface area contributed by atoms with E-state index in [1.165, 1.54) is 0 Å². The van der Waals surface area contributed by atoms with Crippen LogP contribution < -0.4 is 0 Å². The summed E-state index contributed by atoms with van der Waals surface area (Å²) in [5, 5.41) is 16.6. The lowest BCUT2D eigenvalue weighted by atomic mass is 10.1. The molecule has 0 fully saturated rings. The lowest BCUT2D eigenvalue weighted by Gasteiger charge is -2.02. The largest absolute Gasteiger partial charge is 0.415 e. The number of nitrogens with one attached hydrogen (secondary N) is 1. The fraction of sp³-hybridized carbons (Fsp3) is 0.100. The molecule has 144 valence electrons. The minimum atomic E-state index is -2.78. The van der Waals surface area contributed by atoms with Gasteiger partial charge in [0, 0.05) is 22.8 Å². The van der Waals surface area contributed by atoms with Crippen LogP contribution in [0.2, 0.25) is 0 Å². The highest BCUT2D eigenvalue weighted by Crippen LogP contribution is 2.24. The molecule has 0 unspecified atom stereocenters. The smallest absolute Gasteiger partial charge is 0.314 e. The number of H-pyrrole nitrogens is 1. The van der Waals surface area contributed by atoms with E-state index in [2.05, 4.69) is 25.5 Å². The zero-order chi connectivity index (χ0) is 19.8. The molecule has 2 aromatic carbocycles. The van der Waals surface area contributed by atoms with Gasteiger partial charge >= 0.3 is 6.43 Å². The summed E-state index contributed by atoms with van der Waals surface area (Å²) < 4.78 is 31.9. The van der Waals surface area contributed by atoms with Crippen molar-refractivity contribution in [3.05, 3.63) is 72.4 Å². The fourth-order valence-electron chi connectivity index (χ4n) is 3.09. The van der Waals surface area contributed by atoms with Crippen LogP contribution in [0.15, 0.2) is 65.3 Å². The molecule has 7 nitrogen and oxygen atoms in total. The second-order valence-corrected chi connectivity index (χ2v) is 6.52. The number of fused-ring (bicyclic) bond motifs is 1. The predicted molar refractivity (Wildman–Crippen MR) is 101 cm³/mol. The summed E-state index contributed by atoms with van der Waals surface area (Å²) in [5.41, 5.74) is 4.35. The second kappa shape index (κ2) is 6.93. The summed E-state index contributed by atoms with van der Waals surface area (Å²) >= 11 is 0. The van der Waals surface area contributed by atoms with Crippen molar-refractivity contribution in [2.75, 3.05) is 0 Å². The molecule has 9 heteroatoms. The highest BCUT2D eigenvalue weighted by Gasteiger charge is 2.17. The van der Waals surface area contributed by atoms with Gasteiger partial charge in [-0.3, -0.25) is 0 Å². The first-order chi connectivity index (χ1) is 14.2. The minimum Gasteiger partial charge on any atom is -0.415 e. The third-order valence-corrected chi connectivity index (χ3v) is 4.56.